The molecule has 0 aromatic carbocycles. The minimum atomic E-state index is 0.520. The van der Waals surface area contributed by atoms with Gasteiger partial charge in [-0.05, 0) is 32.0 Å². The molecule has 0 saturated carbocycles. The Morgan fingerprint density at radius 1 is 1.24 bits per heavy atom. The molecule has 0 aliphatic carbocycles. The van der Waals surface area contributed by atoms with Crippen molar-refractivity contribution in [2.45, 2.75) is 30.2 Å². The Labute approximate surface area is 105 Å². The second kappa shape index (κ2) is 5.29. The van der Waals surface area contributed by atoms with Gasteiger partial charge in [-0.15, -0.1) is 0 Å². The predicted molar refractivity (Wildman–Crippen MR) is 70.0 cm³/mol. The molecule has 0 aliphatic rings. The van der Waals surface area contributed by atoms with Crippen molar-refractivity contribution in [2.75, 3.05) is 0 Å². The van der Waals surface area contributed by atoms with Crippen molar-refractivity contribution in [1.82, 2.24) is 9.97 Å². The lowest BCUT2D eigenvalue weighted by Crippen LogP contribution is -2.04. The zero-order chi connectivity index (χ0) is 12.3. The van der Waals surface area contributed by atoms with E-state index in [1.165, 1.54) is 9.79 Å². The summed E-state index contributed by atoms with van der Waals surface area (Å²) in [6.45, 7) is 4.53. The molecule has 3 nitrogen and oxygen atoms in total. The second-order valence-corrected chi connectivity index (χ2v) is 4.93. The number of hydrogen-bond acceptors (Lipinski definition) is 4. The number of rotatable bonds is 3. The monoisotopic (exact) mass is 245 g/mol. The number of nitrogens with two attached hydrogens (primary N) is 1. The van der Waals surface area contributed by atoms with Crippen LogP contribution in [0.5, 0.6) is 0 Å². The average Bonchev–Trinajstić information content (AvgIpc) is 2.30. The van der Waals surface area contributed by atoms with Crippen molar-refractivity contribution in [3.63, 3.8) is 0 Å². The number of aromatic nitrogens is 2. The van der Waals surface area contributed by atoms with E-state index in [4.69, 9.17) is 5.73 Å². The van der Waals surface area contributed by atoms with E-state index < -0.39 is 0 Å². The number of nitrogens with zero attached hydrogens (tertiary/aromatic N) is 2. The lowest BCUT2D eigenvalue weighted by atomic mass is 10.2. The van der Waals surface area contributed by atoms with Crippen molar-refractivity contribution in [3.05, 3.63) is 47.5 Å². The SMILES string of the molecule is Cc1cc(Sc2ccncc2)c(CN)c(C)n1. The van der Waals surface area contributed by atoms with E-state index in [0.29, 0.717) is 6.54 Å². The summed E-state index contributed by atoms with van der Waals surface area (Å²) in [5, 5.41) is 0. The number of aryl methyl sites for hydroxylation is 2. The summed E-state index contributed by atoms with van der Waals surface area (Å²) in [4.78, 5) is 10.8. The quantitative estimate of drug-likeness (QED) is 0.903. The third-order valence-corrected chi connectivity index (χ3v) is 3.59. The molecule has 0 saturated heterocycles. The molecule has 0 radical (unpaired) electrons. The molecule has 2 aromatic heterocycles. The molecule has 4 heteroatoms. The van der Waals surface area contributed by atoms with Crippen LogP contribution in [-0.4, -0.2) is 9.97 Å². The van der Waals surface area contributed by atoms with E-state index in [2.05, 4.69) is 16.0 Å². The molecule has 0 aliphatic heterocycles. The van der Waals surface area contributed by atoms with Gasteiger partial charge in [0.2, 0.25) is 0 Å². The summed E-state index contributed by atoms with van der Waals surface area (Å²) >= 11 is 1.71. The molecular weight excluding hydrogens is 230 g/mol. The first-order valence-electron chi connectivity index (χ1n) is 5.46. The van der Waals surface area contributed by atoms with Gasteiger partial charge in [0.15, 0.2) is 0 Å². The van der Waals surface area contributed by atoms with E-state index >= 15 is 0 Å². The molecule has 88 valence electrons. The van der Waals surface area contributed by atoms with E-state index in [-0.39, 0.29) is 0 Å². The van der Waals surface area contributed by atoms with Crippen LogP contribution in [-0.2, 0) is 6.54 Å². The maximum absolute atomic E-state index is 5.79. The Morgan fingerprint density at radius 3 is 2.59 bits per heavy atom. The Balaban J connectivity index is 2.38. The number of hydrogen-bond donors (Lipinski definition) is 1. The van der Waals surface area contributed by atoms with Gasteiger partial charge in [-0.1, -0.05) is 11.8 Å². The molecule has 2 aromatic rings. The zero-order valence-electron chi connectivity index (χ0n) is 9.97. The van der Waals surface area contributed by atoms with Crippen molar-refractivity contribution in [2.24, 2.45) is 5.73 Å². The molecule has 0 spiro atoms. The van der Waals surface area contributed by atoms with Crippen LogP contribution in [0.2, 0.25) is 0 Å². The van der Waals surface area contributed by atoms with Gasteiger partial charge < -0.3 is 5.73 Å². The average molecular weight is 245 g/mol. The molecule has 0 amide bonds. The van der Waals surface area contributed by atoms with Crippen LogP contribution in [0.25, 0.3) is 0 Å². The molecule has 0 unspecified atom stereocenters. The first-order valence-corrected chi connectivity index (χ1v) is 6.27. The van der Waals surface area contributed by atoms with Gasteiger partial charge in [0.25, 0.3) is 0 Å². The summed E-state index contributed by atoms with van der Waals surface area (Å²) in [6.07, 6.45) is 3.59. The summed E-state index contributed by atoms with van der Waals surface area (Å²) in [5.74, 6) is 0. The molecule has 17 heavy (non-hydrogen) atoms. The molecule has 0 bridgehead atoms. The maximum atomic E-state index is 5.79. The summed E-state index contributed by atoms with van der Waals surface area (Å²) in [6, 6.07) is 6.08. The van der Waals surface area contributed by atoms with Crippen LogP contribution in [0, 0.1) is 13.8 Å². The molecule has 2 N–H and O–H groups in total. The van der Waals surface area contributed by atoms with Crippen LogP contribution >= 0.6 is 11.8 Å². The van der Waals surface area contributed by atoms with Crippen LogP contribution in [0.3, 0.4) is 0 Å². The zero-order valence-corrected chi connectivity index (χ0v) is 10.8. The third-order valence-electron chi connectivity index (χ3n) is 2.50. The van der Waals surface area contributed by atoms with Crippen LogP contribution < -0.4 is 5.73 Å². The van der Waals surface area contributed by atoms with Crippen molar-refractivity contribution >= 4 is 11.8 Å². The van der Waals surface area contributed by atoms with Gasteiger partial charge in [-0.25, -0.2) is 0 Å². The molecular formula is C13H15N3S. The smallest absolute Gasteiger partial charge is 0.0432 e. The third kappa shape index (κ3) is 2.84. The Morgan fingerprint density at radius 2 is 1.94 bits per heavy atom. The fourth-order valence-corrected chi connectivity index (χ4v) is 2.79. The van der Waals surface area contributed by atoms with Gasteiger partial charge in [0.05, 0.1) is 0 Å². The van der Waals surface area contributed by atoms with E-state index in [9.17, 15) is 0 Å². The van der Waals surface area contributed by atoms with E-state index in [1.807, 2.05) is 26.0 Å². The lowest BCUT2D eigenvalue weighted by Gasteiger charge is -2.11. The van der Waals surface area contributed by atoms with E-state index in [1.54, 1.807) is 24.2 Å². The van der Waals surface area contributed by atoms with Gasteiger partial charge in [0, 0.05) is 45.7 Å². The molecule has 2 rings (SSSR count). The highest BCUT2D eigenvalue weighted by Gasteiger charge is 2.08. The van der Waals surface area contributed by atoms with Gasteiger partial charge in [0.1, 0.15) is 0 Å². The van der Waals surface area contributed by atoms with Crippen LogP contribution in [0.15, 0.2) is 40.4 Å². The fourth-order valence-electron chi connectivity index (χ4n) is 1.69. The van der Waals surface area contributed by atoms with Crippen molar-refractivity contribution in [1.29, 1.82) is 0 Å². The predicted octanol–water partition coefficient (Wildman–Crippen LogP) is 2.70. The Bertz CT molecular complexity index is 512. The van der Waals surface area contributed by atoms with Crippen molar-refractivity contribution < 1.29 is 0 Å². The Kier molecular flexibility index (Phi) is 3.76. The van der Waals surface area contributed by atoms with Gasteiger partial charge in [-0.3, -0.25) is 9.97 Å². The molecule has 0 fully saturated rings. The first kappa shape index (κ1) is 12.1. The molecule has 0 atom stereocenters. The first-order chi connectivity index (χ1) is 8.20. The highest BCUT2D eigenvalue weighted by atomic mass is 32.2. The highest BCUT2D eigenvalue weighted by molar-refractivity contribution is 7.99. The topological polar surface area (TPSA) is 51.8 Å². The van der Waals surface area contributed by atoms with E-state index in [0.717, 1.165) is 17.0 Å². The minimum Gasteiger partial charge on any atom is -0.326 e. The van der Waals surface area contributed by atoms with Gasteiger partial charge in [-0.2, -0.15) is 0 Å². The minimum absolute atomic E-state index is 0.520. The highest BCUT2D eigenvalue weighted by Crippen LogP contribution is 2.31. The Hall–Kier alpha value is -1.39. The molecule has 2 heterocycles. The largest absolute Gasteiger partial charge is 0.326 e. The van der Waals surface area contributed by atoms with Crippen LogP contribution in [0.1, 0.15) is 17.0 Å². The lowest BCUT2D eigenvalue weighted by molar-refractivity contribution is 0.945. The van der Waals surface area contributed by atoms with Crippen LogP contribution in [0.4, 0.5) is 0 Å². The summed E-state index contributed by atoms with van der Waals surface area (Å²) in [5.41, 5.74) is 8.95. The fraction of sp³-hybridized carbons (Fsp3) is 0.231. The summed E-state index contributed by atoms with van der Waals surface area (Å²) < 4.78 is 0. The van der Waals surface area contributed by atoms with Gasteiger partial charge >= 0.3 is 0 Å². The second-order valence-electron chi connectivity index (χ2n) is 3.81. The number of pyridine rings is 2. The standard InChI is InChI=1S/C13H15N3S/c1-9-7-13(12(8-14)10(2)16-9)17-11-3-5-15-6-4-11/h3-7H,8,14H2,1-2H3. The summed E-state index contributed by atoms with van der Waals surface area (Å²) in [7, 11) is 0. The normalized spacial score (nSPS) is 10.5. The van der Waals surface area contributed by atoms with Crippen molar-refractivity contribution in [3.8, 4) is 0 Å². The maximum Gasteiger partial charge on any atom is 0.0432 e.